The molecule has 1 aliphatic heterocycles. The number of ether oxygens (including phenoxy) is 1. The molecule has 94 valence electrons. The first-order valence-corrected chi connectivity index (χ1v) is 6.25. The van der Waals surface area contributed by atoms with Crippen molar-refractivity contribution in [2.24, 2.45) is 0 Å². The van der Waals surface area contributed by atoms with Gasteiger partial charge in [-0.05, 0) is 31.7 Å². The summed E-state index contributed by atoms with van der Waals surface area (Å²) in [5.74, 6) is 1.50. The zero-order valence-electron chi connectivity index (χ0n) is 10.3. The predicted octanol–water partition coefficient (Wildman–Crippen LogP) is 1.89. The molecule has 0 spiro atoms. The minimum atomic E-state index is 0.418. The van der Waals surface area contributed by atoms with Crippen LogP contribution in [0.1, 0.15) is 25.7 Å². The molecule has 0 radical (unpaired) electrons. The van der Waals surface area contributed by atoms with Crippen LogP contribution in [0.4, 0.5) is 11.8 Å². The molecule has 0 aliphatic carbocycles. The van der Waals surface area contributed by atoms with Crippen molar-refractivity contribution in [1.82, 2.24) is 9.97 Å². The fourth-order valence-corrected chi connectivity index (χ4v) is 1.97. The van der Waals surface area contributed by atoms with E-state index in [0.29, 0.717) is 12.1 Å². The van der Waals surface area contributed by atoms with Gasteiger partial charge in [0.05, 0.1) is 6.10 Å². The Morgan fingerprint density at radius 2 is 2.41 bits per heavy atom. The first kappa shape index (κ1) is 12.1. The molecule has 0 aromatic carbocycles. The van der Waals surface area contributed by atoms with Crippen LogP contribution in [0.15, 0.2) is 12.3 Å². The van der Waals surface area contributed by atoms with E-state index in [2.05, 4.69) is 20.6 Å². The third-order valence-corrected chi connectivity index (χ3v) is 2.93. The van der Waals surface area contributed by atoms with Crippen molar-refractivity contribution in [3.63, 3.8) is 0 Å². The van der Waals surface area contributed by atoms with Crippen LogP contribution in [0.25, 0.3) is 0 Å². The number of nitrogens with zero attached hydrogens (tertiary/aromatic N) is 2. The number of hydrogen-bond donors (Lipinski definition) is 2. The van der Waals surface area contributed by atoms with Gasteiger partial charge >= 0.3 is 0 Å². The lowest BCUT2D eigenvalue weighted by molar-refractivity contribution is 0.0134. The van der Waals surface area contributed by atoms with Gasteiger partial charge in [-0.25, -0.2) is 4.98 Å². The van der Waals surface area contributed by atoms with Crippen molar-refractivity contribution in [1.29, 1.82) is 0 Å². The van der Waals surface area contributed by atoms with Crippen LogP contribution in [0.5, 0.6) is 0 Å². The summed E-state index contributed by atoms with van der Waals surface area (Å²) in [4.78, 5) is 8.37. The molecule has 1 aromatic heterocycles. The highest BCUT2D eigenvalue weighted by molar-refractivity contribution is 5.38. The van der Waals surface area contributed by atoms with E-state index in [0.717, 1.165) is 25.4 Å². The lowest BCUT2D eigenvalue weighted by Crippen LogP contribution is -2.22. The first-order valence-electron chi connectivity index (χ1n) is 6.25. The molecule has 1 unspecified atom stereocenters. The van der Waals surface area contributed by atoms with Crippen molar-refractivity contribution < 1.29 is 4.74 Å². The zero-order valence-corrected chi connectivity index (χ0v) is 10.3. The van der Waals surface area contributed by atoms with Gasteiger partial charge in [0, 0.05) is 26.4 Å². The highest BCUT2D eigenvalue weighted by Crippen LogP contribution is 2.15. The molecule has 1 fully saturated rings. The summed E-state index contributed by atoms with van der Waals surface area (Å²) in [6.45, 7) is 1.81. The van der Waals surface area contributed by atoms with Crippen LogP contribution in [0, 0.1) is 0 Å². The Labute approximate surface area is 102 Å². The summed E-state index contributed by atoms with van der Waals surface area (Å²) in [5.41, 5.74) is 0. The van der Waals surface area contributed by atoms with Crippen molar-refractivity contribution in [3.05, 3.63) is 12.3 Å². The average Bonchev–Trinajstić information content (AvgIpc) is 2.40. The van der Waals surface area contributed by atoms with E-state index >= 15 is 0 Å². The van der Waals surface area contributed by atoms with Crippen molar-refractivity contribution >= 4 is 11.8 Å². The van der Waals surface area contributed by atoms with Crippen LogP contribution in [0.3, 0.4) is 0 Å². The van der Waals surface area contributed by atoms with Gasteiger partial charge in [0.1, 0.15) is 5.82 Å². The minimum Gasteiger partial charge on any atom is -0.378 e. The third kappa shape index (κ3) is 3.85. The highest BCUT2D eigenvalue weighted by Gasteiger charge is 2.12. The number of anilines is 2. The Kier molecular flexibility index (Phi) is 4.55. The topological polar surface area (TPSA) is 59.1 Å². The van der Waals surface area contributed by atoms with E-state index in [-0.39, 0.29) is 0 Å². The molecule has 5 nitrogen and oxygen atoms in total. The number of hydrogen-bond acceptors (Lipinski definition) is 5. The second-order valence-corrected chi connectivity index (χ2v) is 4.22. The Bertz CT molecular complexity index is 339. The molecule has 1 atom stereocenters. The monoisotopic (exact) mass is 236 g/mol. The largest absolute Gasteiger partial charge is 0.378 e. The molecule has 2 rings (SSSR count). The van der Waals surface area contributed by atoms with Crippen molar-refractivity contribution in [2.45, 2.75) is 31.8 Å². The van der Waals surface area contributed by atoms with Crippen molar-refractivity contribution in [3.8, 4) is 0 Å². The van der Waals surface area contributed by atoms with E-state index in [1.807, 2.05) is 13.1 Å². The Morgan fingerprint density at radius 3 is 3.18 bits per heavy atom. The third-order valence-electron chi connectivity index (χ3n) is 2.93. The Balaban J connectivity index is 1.73. The summed E-state index contributed by atoms with van der Waals surface area (Å²) in [7, 11) is 1.81. The van der Waals surface area contributed by atoms with E-state index in [1.165, 1.54) is 19.3 Å². The molecule has 5 heteroatoms. The van der Waals surface area contributed by atoms with Crippen molar-refractivity contribution in [2.75, 3.05) is 30.8 Å². The van der Waals surface area contributed by atoms with Crippen LogP contribution < -0.4 is 10.6 Å². The molecule has 1 aromatic rings. The average molecular weight is 236 g/mol. The summed E-state index contributed by atoms with van der Waals surface area (Å²) < 4.78 is 5.68. The second kappa shape index (κ2) is 6.39. The van der Waals surface area contributed by atoms with Gasteiger partial charge in [0.15, 0.2) is 0 Å². The lowest BCUT2D eigenvalue weighted by atomic mass is 10.1. The number of aromatic nitrogens is 2. The summed E-state index contributed by atoms with van der Waals surface area (Å²) in [6.07, 6.45) is 6.90. The molecule has 0 amide bonds. The zero-order chi connectivity index (χ0) is 11.9. The normalized spacial score (nSPS) is 19.9. The molecule has 2 N–H and O–H groups in total. The van der Waals surface area contributed by atoms with Gasteiger partial charge < -0.3 is 15.4 Å². The SMILES string of the molecule is CNc1nccc(NCCC2CCCCO2)n1. The van der Waals surface area contributed by atoms with Gasteiger partial charge in [0.2, 0.25) is 5.95 Å². The predicted molar refractivity (Wildman–Crippen MR) is 68.3 cm³/mol. The summed E-state index contributed by atoms with van der Waals surface area (Å²) in [5, 5.41) is 6.22. The van der Waals surface area contributed by atoms with Crippen LogP contribution in [0.2, 0.25) is 0 Å². The molecular weight excluding hydrogens is 216 g/mol. The Hall–Kier alpha value is -1.36. The highest BCUT2D eigenvalue weighted by atomic mass is 16.5. The minimum absolute atomic E-state index is 0.418. The fourth-order valence-electron chi connectivity index (χ4n) is 1.97. The van der Waals surface area contributed by atoms with Crippen LogP contribution in [-0.2, 0) is 4.74 Å². The van der Waals surface area contributed by atoms with Crippen LogP contribution in [-0.4, -0.2) is 36.3 Å². The van der Waals surface area contributed by atoms with E-state index < -0.39 is 0 Å². The summed E-state index contributed by atoms with van der Waals surface area (Å²) in [6, 6.07) is 1.88. The maximum atomic E-state index is 5.68. The second-order valence-electron chi connectivity index (χ2n) is 4.22. The quantitative estimate of drug-likeness (QED) is 0.817. The molecule has 0 bridgehead atoms. The van der Waals surface area contributed by atoms with E-state index in [4.69, 9.17) is 4.74 Å². The molecular formula is C12H20N4O. The molecule has 2 heterocycles. The molecule has 0 saturated carbocycles. The summed E-state index contributed by atoms with van der Waals surface area (Å²) >= 11 is 0. The van der Waals surface area contributed by atoms with Gasteiger partial charge in [-0.15, -0.1) is 0 Å². The first-order chi connectivity index (χ1) is 8.38. The van der Waals surface area contributed by atoms with Gasteiger partial charge in [0.25, 0.3) is 0 Å². The Morgan fingerprint density at radius 1 is 1.47 bits per heavy atom. The lowest BCUT2D eigenvalue weighted by Gasteiger charge is -2.22. The van der Waals surface area contributed by atoms with Gasteiger partial charge in [-0.3, -0.25) is 0 Å². The number of nitrogens with one attached hydrogen (secondary N) is 2. The molecule has 1 aliphatic rings. The van der Waals surface area contributed by atoms with E-state index in [9.17, 15) is 0 Å². The maximum absolute atomic E-state index is 5.68. The molecule has 17 heavy (non-hydrogen) atoms. The smallest absolute Gasteiger partial charge is 0.224 e. The number of rotatable bonds is 5. The maximum Gasteiger partial charge on any atom is 0.224 e. The standard InChI is InChI=1S/C12H20N4O/c1-13-12-15-8-6-11(16-12)14-7-5-10-4-2-3-9-17-10/h6,8,10H,2-5,7,9H2,1H3,(H2,13,14,15,16). The van der Waals surface area contributed by atoms with Gasteiger partial charge in [-0.2, -0.15) is 4.98 Å². The fraction of sp³-hybridized carbons (Fsp3) is 0.667. The van der Waals surface area contributed by atoms with Crippen LogP contribution >= 0.6 is 0 Å². The van der Waals surface area contributed by atoms with E-state index in [1.54, 1.807) is 6.20 Å². The molecule has 1 saturated heterocycles. The van der Waals surface area contributed by atoms with Gasteiger partial charge in [-0.1, -0.05) is 0 Å².